The second-order valence-corrected chi connectivity index (χ2v) is 15.3. The lowest BCUT2D eigenvalue weighted by molar-refractivity contribution is -0.146. The summed E-state index contributed by atoms with van der Waals surface area (Å²) in [5.74, 6) is 1.74. The van der Waals surface area contributed by atoms with Crippen LogP contribution in [0.1, 0.15) is 69.3 Å². The van der Waals surface area contributed by atoms with Gasteiger partial charge in [0.2, 0.25) is 5.91 Å². The van der Waals surface area contributed by atoms with E-state index in [1.54, 1.807) is 0 Å². The van der Waals surface area contributed by atoms with E-state index in [1.165, 1.54) is 19.3 Å². The Bertz CT molecular complexity index is 1620. The predicted molar refractivity (Wildman–Crippen MR) is 178 cm³/mol. The summed E-state index contributed by atoms with van der Waals surface area (Å²) < 4.78 is 26.5. The fourth-order valence-corrected chi connectivity index (χ4v) is 10.8. The number of hydrogen-bond acceptors (Lipinski definition) is 5. The normalized spacial score (nSPS) is 24.9. The van der Waals surface area contributed by atoms with Gasteiger partial charge in [0.05, 0.1) is 13.2 Å². The smallest absolute Gasteiger partial charge is 0.357 e. The Labute approximate surface area is 260 Å². The molecule has 2 N–H and O–H groups in total. The molecule has 4 saturated carbocycles. The molecule has 0 aromatic heterocycles. The van der Waals surface area contributed by atoms with Crippen LogP contribution in [0.2, 0.25) is 0 Å². The molecule has 1 unspecified atom stereocenters. The molecule has 4 bridgehead atoms. The molecule has 230 valence electrons. The number of hydrogen-bond donors (Lipinski definition) is 2. The number of carbonyl (C=O) groups is 1. The number of rotatable bonds is 11. The van der Waals surface area contributed by atoms with Gasteiger partial charge in [0.25, 0.3) is 0 Å². The zero-order chi connectivity index (χ0) is 30.3. The van der Waals surface area contributed by atoms with Gasteiger partial charge in [-0.2, -0.15) is 0 Å². The Morgan fingerprint density at radius 1 is 0.818 bits per heavy atom. The van der Waals surface area contributed by atoms with Crippen LogP contribution in [0.5, 0.6) is 0 Å². The monoisotopic (exact) mass is 610 g/mol. The molecule has 4 aromatic rings. The molecule has 1 atom stereocenters. The first-order chi connectivity index (χ1) is 21.4. The molecular formula is C37H43N2O4P. The van der Waals surface area contributed by atoms with Crippen molar-refractivity contribution in [2.45, 2.75) is 64.7 Å². The zero-order valence-corrected chi connectivity index (χ0v) is 26.7. The van der Waals surface area contributed by atoms with Crippen molar-refractivity contribution in [1.29, 1.82) is 0 Å². The third-order valence-corrected chi connectivity index (χ3v) is 12.5. The highest BCUT2D eigenvalue weighted by atomic mass is 31.2. The number of fused-ring (bicyclic) bond motifs is 2. The van der Waals surface area contributed by atoms with Crippen molar-refractivity contribution in [3.8, 4) is 0 Å². The summed E-state index contributed by atoms with van der Waals surface area (Å²) in [5.41, 5.74) is 2.60. The van der Waals surface area contributed by atoms with Crippen molar-refractivity contribution in [1.82, 2.24) is 5.32 Å². The van der Waals surface area contributed by atoms with Crippen LogP contribution < -0.4 is 10.6 Å². The Hall–Kier alpha value is -3.18. The minimum absolute atomic E-state index is 0.148. The minimum atomic E-state index is -3.66. The van der Waals surface area contributed by atoms with Crippen LogP contribution in [-0.2, 0) is 25.0 Å². The molecular weight excluding hydrogens is 567 g/mol. The molecule has 7 heteroatoms. The fraction of sp³-hybridized carbons (Fsp3) is 0.432. The first-order valence-corrected chi connectivity index (χ1v) is 17.9. The Balaban J connectivity index is 1.16. The number of amides is 1. The predicted octanol–water partition coefficient (Wildman–Crippen LogP) is 9.20. The summed E-state index contributed by atoms with van der Waals surface area (Å²) >= 11 is 0. The lowest BCUT2D eigenvalue weighted by Crippen LogP contribution is -2.53. The van der Waals surface area contributed by atoms with Gasteiger partial charge in [0, 0.05) is 23.2 Å². The van der Waals surface area contributed by atoms with E-state index in [0.717, 1.165) is 75.4 Å². The van der Waals surface area contributed by atoms with Crippen molar-refractivity contribution in [2.75, 3.05) is 18.5 Å². The van der Waals surface area contributed by atoms with Crippen molar-refractivity contribution in [3.05, 3.63) is 90.0 Å². The number of anilines is 1. The topological polar surface area (TPSA) is 76.7 Å². The van der Waals surface area contributed by atoms with Crippen molar-refractivity contribution < 1.29 is 18.4 Å². The van der Waals surface area contributed by atoms with Crippen molar-refractivity contribution in [2.24, 2.45) is 23.2 Å². The summed E-state index contributed by atoms with van der Waals surface area (Å²) in [7, 11) is -3.66. The quantitative estimate of drug-likeness (QED) is 0.131. The van der Waals surface area contributed by atoms with Crippen LogP contribution in [0.25, 0.3) is 21.5 Å². The lowest BCUT2D eigenvalue weighted by Gasteiger charge is -2.55. The van der Waals surface area contributed by atoms with E-state index < -0.39 is 13.4 Å². The maximum atomic E-state index is 14.6. The highest BCUT2D eigenvalue weighted by molar-refractivity contribution is 7.54. The number of benzene rings is 4. The van der Waals surface area contributed by atoms with Gasteiger partial charge < -0.3 is 19.7 Å². The largest absolute Gasteiger partial charge is 0.368 e. The molecule has 44 heavy (non-hydrogen) atoms. The van der Waals surface area contributed by atoms with E-state index >= 15 is 0 Å². The van der Waals surface area contributed by atoms with Crippen LogP contribution >= 0.6 is 7.60 Å². The van der Waals surface area contributed by atoms with Gasteiger partial charge in [0.15, 0.2) is 5.78 Å². The molecule has 6 nitrogen and oxygen atoms in total. The molecule has 0 radical (unpaired) electrons. The molecule has 0 aliphatic heterocycles. The fourth-order valence-electron chi connectivity index (χ4n) is 8.83. The summed E-state index contributed by atoms with van der Waals surface area (Å²) in [6.45, 7) is 4.72. The second kappa shape index (κ2) is 12.0. The van der Waals surface area contributed by atoms with Gasteiger partial charge in [-0.1, -0.05) is 60.7 Å². The average molecular weight is 611 g/mol. The van der Waals surface area contributed by atoms with E-state index in [0.29, 0.717) is 6.54 Å². The Kier molecular flexibility index (Phi) is 8.03. The van der Waals surface area contributed by atoms with Gasteiger partial charge in [-0.25, -0.2) is 0 Å². The molecule has 0 spiro atoms. The second-order valence-electron chi connectivity index (χ2n) is 13.2. The standard InChI is InChI=1S/C37H43N2O4P/c1-3-42-44(41,43-4-2)35(34-32-11-7-5-9-29(32)20-30-10-6-8-12-33(30)34)39-31-15-13-25(14-16-31)24-38-36(40)37-21-26-17-27(22-37)19-28(18-26)23-37/h5-16,20,26-28,35,39H,3-4,17-19,21-24H2,1-2H3,(H,38,40). The van der Waals surface area contributed by atoms with Gasteiger partial charge in [-0.3, -0.25) is 9.36 Å². The molecule has 4 aromatic carbocycles. The molecule has 4 aliphatic rings. The molecule has 0 saturated heterocycles. The number of carbonyl (C=O) groups excluding carboxylic acids is 1. The maximum absolute atomic E-state index is 14.6. The molecule has 4 fully saturated rings. The molecule has 8 rings (SSSR count). The van der Waals surface area contributed by atoms with Crippen LogP contribution in [0, 0.1) is 23.2 Å². The highest BCUT2D eigenvalue weighted by Crippen LogP contribution is 2.63. The third kappa shape index (κ3) is 5.46. The Morgan fingerprint density at radius 2 is 1.34 bits per heavy atom. The van der Waals surface area contributed by atoms with Crippen LogP contribution in [0.15, 0.2) is 78.9 Å². The van der Waals surface area contributed by atoms with Crippen LogP contribution in [0.4, 0.5) is 5.69 Å². The SMILES string of the molecule is CCOP(=O)(OCC)C(Nc1ccc(CNC(=O)C23CC4CC(CC(C4)C2)C3)cc1)c1c2ccccc2cc2ccccc12. The third-order valence-electron chi connectivity index (χ3n) is 10.3. The van der Waals surface area contributed by atoms with Crippen molar-refractivity contribution >= 4 is 40.7 Å². The van der Waals surface area contributed by atoms with Crippen LogP contribution in [0.3, 0.4) is 0 Å². The first kappa shape index (κ1) is 29.5. The summed E-state index contributed by atoms with van der Waals surface area (Å²) in [4.78, 5) is 13.5. The first-order valence-electron chi connectivity index (χ1n) is 16.3. The number of nitrogens with one attached hydrogen (secondary N) is 2. The molecule has 0 heterocycles. The zero-order valence-electron chi connectivity index (χ0n) is 25.8. The van der Waals surface area contributed by atoms with Gasteiger partial charge in [0.1, 0.15) is 0 Å². The van der Waals surface area contributed by atoms with Crippen LogP contribution in [-0.4, -0.2) is 19.1 Å². The van der Waals surface area contributed by atoms with Gasteiger partial charge in [-0.15, -0.1) is 0 Å². The summed E-state index contributed by atoms with van der Waals surface area (Å²) in [5, 5.41) is 11.0. The minimum Gasteiger partial charge on any atom is -0.368 e. The van der Waals surface area contributed by atoms with E-state index in [-0.39, 0.29) is 24.5 Å². The van der Waals surface area contributed by atoms with Crippen molar-refractivity contribution in [3.63, 3.8) is 0 Å². The summed E-state index contributed by atoms with van der Waals surface area (Å²) in [6, 6.07) is 26.6. The van der Waals surface area contributed by atoms with E-state index in [1.807, 2.05) is 62.4 Å². The Morgan fingerprint density at radius 3 is 1.86 bits per heavy atom. The van der Waals surface area contributed by atoms with E-state index in [2.05, 4.69) is 41.0 Å². The molecule has 4 aliphatic carbocycles. The van der Waals surface area contributed by atoms with Gasteiger partial charge in [-0.05, 0) is 115 Å². The van der Waals surface area contributed by atoms with Gasteiger partial charge >= 0.3 is 7.60 Å². The van der Waals surface area contributed by atoms with E-state index in [4.69, 9.17) is 9.05 Å². The molecule has 1 amide bonds. The average Bonchev–Trinajstić information content (AvgIpc) is 3.01. The lowest BCUT2D eigenvalue weighted by atomic mass is 9.49. The van der Waals surface area contributed by atoms with E-state index in [9.17, 15) is 9.36 Å². The highest BCUT2D eigenvalue weighted by Gasteiger charge is 2.54. The summed E-state index contributed by atoms with van der Waals surface area (Å²) in [6.07, 6.45) is 7.19. The maximum Gasteiger partial charge on any atom is 0.357 e.